The zero-order valence-corrected chi connectivity index (χ0v) is 36.5. The maximum absolute atomic E-state index is 2.57. The molecule has 13 aromatic rings. The summed E-state index contributed by atoms with van der Waals surface area (Å²) in [4.78, 5) is 4.92. The van der Waals surface area contributed by atoms with Crippen LogP contribution in [0.25, 0.3) is 79.6 Å². The Morgan fingerprint density at radius 3 is 1.44 bits per heavy atom. The second kappa shape index (κ2) is 14.9. The summed E-state index contributed by atoms with van der Waals surface area (Å²) in [6.45, 7) is 0. The van der Waals surface area contributed by atoms with Crippen LogP contribution in [0, 0.1) is 0 Å². The van der Waals surface area contributed by atoms with Crippen LogP contribution >= 0.6 is 0 Å². The van der Waals surface area contributed by atoms with E-state index in [0.29, 0.717) is 0 Å². The molecule has 0 unspecified atom stereocenters. The van der Waals surface area contributed by atoms with Gasteiger partial charge in [0.05, 0.1) is 0 Å². The molecule has 0 bridgehead atoms. The molecule has 0 amide bonds. The molecular weight excluding hydrogens is 842 g/mol. The number of para-hydroxylation sites is 3. The van der Waals surface area contributed by atoms with Crippen LogP contribution in [0.2, 0.25) is 0 Å². The molecule has 4 heteroatoms. The summed E-state index contributed by atoms with van der Waals surface area (Å²) >= 11 is 0.0235. The Kier molecular flexibility index (Phi) is 8.55. The average Bonchev–Trinajstić information content (AvgIpc) is 3.89. The minimum absolute atomic E-state index is 0.0235. The maximum atomic E-state index is 2.57. The normalized spacial score (nSPS) is 11.8. The molecule has 0 aliphatic carbocycles. The van der Waals surface area contributed by atoms with Crippen LogP contribution in [0.15, 0.2) is 237 Å². The van der Waals surface area contributed by atoms with E-state index >= 15 is 0 Å². The summed E-state index contributed by atoms with van der Waals surface area (Å²) < 4.78 is 5.39. The molecule has 64 heavy (non-hydrogen) atoms. The van der Waals surface area contributed by atoms with Gasteiger partial charge < -0.3 is 0 Å². The number of nitrogens with zero attached hydrogens (tertiary/aromatic N) is 3. The molecular formula is C60H39N3Se. The number of fused-ring (bicyclic) bond motifs is 5. The Labute approximate surface area is 377 Å². The van der Waals surface area contributed by atoms with Crippen molar-refractivity contribution in [2.75, 3.05) is 9.80 Å². The first-order chi connectivity index (χ1) is 31.8. The zero-order chi connectivity index (χ0) is 42.1. The van der Waals surface area contributed by atoms with Crippen LogP contribution < -0.4 is 9.80 Å². The van der Waals surface area contributed by atoms with E-state index in [2.05, 4.69) is 251 Å². The predicted octanol–water partition coefficient (Wildman–Crippen LogP) is 16.5. The zero-order valence-electron chi connectivity index (χ0n) is 34.8. The fraction of sp³-hybridized carbons (Fsp3) is 0. The number of aromatic nitrogens is 1. The molecule has 0 saturated carbocycles. The van der Waals surface area contributed by atoms with Crippen molar-refractivity contribution in [3.05, 3.63) is 237 Å². The molecule has 13 rings (SSSR count). The molecule has 3 aromatic heterocycles. The fourth-order valence-electron chi connectivity index (χ4n) is 10.1. The second-order valence-corrected chi connectivity index (χ2v) is 18.7. The van der Waals surface area contributed by atoms with Crippen LogP contribution in [-0.2, 0) is 0 Å². The van der Waals surface area contributed by atoms with E-state index in [1.54, 1.807) is 0 Å². The average molecular weight is 881 g/mol. The molecule has 10 aromatic carbocycles. The van der Waals surface area contributed by atoms with E-state index in [-0.39, 0.29) is 14.5 Å². The van der Waals surface area contributed by atoms with Gasteiger partial charge in [0.25, 0.3) is 0 Å². The first-order valence-corrected chi connectivity index (χ1v) is 23.6. The van der Waals surface area contributed by atoms with Crippen molar-refractivity contribution in [2.24, 2.45) is 0 Å². The summed E-state index contributed by atoms with van der Waals surface area (Å²) in [5.41, 5.74) is 15.4. The molecule has 0 aliphatic rings. The number of hydrogen-bond acceptors (Lipinski definition) is 2. The Balaban J connectivity index is 1.13. The topological polar surface area (TPSA) is 10.9 Å². The van der Waals surface area contributed by atoms with Crippen molar-refractivity contribution in [3.8, 4) is 22.3 Å². The van der Waals surface area contributed by atoms with Crippen molar-refractivity contribution >= 4 is 106 Å². The van der Waals surface area contributed by atoms with E-state index in [9.17, 15) is 0 Å². The SMILES string of the molecule is c1ccc(-c2cccc(N(c3cccc(-c4ccccc4)c3)c3ccc4c5c3[se]c3cccc(c6cc(N(c7ccccc7)c7ccccc7)cc7c8ccccc8n4c67)c35)c2)cc1. The number of hydrogen-bond donors (Lipinski definition) is 0. The molecule has 0 radical (unpaired) electrons. The minimum atomic E-state index is 0.0235. The van der Waals surface area contributed by atoms with Gasteiger partial charge in [0.15, 0.2) is 0 Å². The molecule has 300 valence electrons. The first kappa shape index (κ1) is 36.7. The van der Waals surface area contributed by atoms with Gasteiger partial charge in [-0.15, -0.1) is 0 Å². The van der Waals surface area contributed by atoms with Crippen LogP contribution in [0.3, 0.4) is 0 Å². The quantitative estimate of drug-likeness (QED) is 0.141. The van der Waals surface area contributed by atoms with Gasteiger partial charge in [0, 0.05) is 0 Å². The number of rotatable bonds is 8. The van der Waals surface area contributed by atoms with Gasteiger partial charge in [-0.25, -0.2) is 0 Å². The third kappa shape index (κ3) is 5.81. The summed E-state index contributed by atoms with van der Waals surface area (Å²) in [5.74, 6) is 0. The second-order valence-electron chi connectivity index (χ2n) is 16.5. The van der Waals surface area contributed by atoms with Gasteiger partial charge in [-0.3, -0.25) is 0 Å². The fourth-order valence-corrected chi connectivity index (χ4v) is 12.7. The number of anilines is 6. The number of benzene rings is 10. The first-order valence-electron chi connectivity index (χ1n) is 21.8. The summed E-state index contributed by atoms with van der Waals surface area (Å²) in [6.07, 6.45) is 0. The molecule has 0 spiro atoms. The van der Waals surface area contributed by atoms with E-state index in [4.69, 9.17) is 0 Å². The van der Waals surface area contributed by atoms with Gasteiger partial charge in [-0.2, -0.15) is 0 Å². The molecule has 0 fully saturated rings. The Morgan fingerprint density at radius 2 is 0.812 bits per heavy atom. The molecule has 3 nitrogen and oxygen atoms in total. The van der Waals surface area contributed by atoms with Gasteiger partial charge in [-0.1, -0.05) is 0 Å². The van der Waals surface area contributed by atoms with Crippen molar-refractivity contribution in [1.29, 1.82) is 0 Å². The van der Waals surface area contributed by atoms with Gasteiger partial charge >= 0.3 is 379 Å². The summed E-state index contributed by atoms with van der Waals surface area (Å²) in [6, 6.07) is 86.8. The van der Waals surface area contributed by atoms with Gasteiger partial charge in [0.1, 0.15) is 0 Å². The van der Waals surface area contributed by atoms with E-state index in [1.165, 1.54) is 85.3 Å². The molecule has 0 saturated heterocycles. The molecule has 3 heterocycles. The van der Waals surface area contributed by atoms with E-state index in [1.807, 2.05) is 0 Å². The van der Waals surface area contributed by atoms with E-state index < -0.39 is 0 Å². The summed E-state index contributed by atoms with van der Waals surface area (Å²) in [7, 11) is 0. The monoisotopic (exact) mass is 881 g/mol. The van der Waals surface area contributed by atoms with Crippen LogP contribution in [0.4, 0.5) is 34.1 Å². The standard InChI is InChI=1S/C60H39N3Se/c1-5-18-40(19-6-1)42-22-15-28-46(36-42)62(47-29-16-23-43(37-47)41-20-7-2-8-21-41)55-35-34-54-58-57-50(31-17-33-56(57)64-60(55)58)52-39-48(38-51-49-30-13-14-32-53(49)63(54)59(51)52)61(44-24-9-3-10-25-44)45-26-11-4-12-27-45/h1-39H. The van der Waals surface area contributed by atoms with Gasteiger partial charge in [0.2, 0.25) is 0 Å². The van der Waals surface area contributed by atoms with Crippen LogP contribution in [0.1, 0.15) is 0 Å². The Bertz CT molecular complexity index is 3710. The van der Waals surface area contributed by atoms with Crippen LogP contribution in [0.5, 0.6) is 0 Å². The Morgan fingerprint density at radius 1 is 0.312 bits per heavy atom. The third-order valence-corrected chi connectivity index (χ3v) is 15.3. The van der Waals surface area contributed by atoms with E-state index in [0.717, 1.165) is 28.4 Å². The van der Waals surface area contributed by atoms with Gasteiger partial charge in [-0.05, 0) is 0 Å². The molecule has 0 aliphatic heterocycles. The predicted molar refractivity (Wildman–Crippen MR) is 273 cm³/mol. The third-order valence-electron chi connectivity index (χ3n) is 12.8. The summed E-state index contributed by atoms with van der Waals surface area (Å²) in [5, 5.41) is 7.74. The Hall–Kier alpha value is -7.88. The van der Waals surface area contributed by atoms with Crippen molar-refractivity contribution in [2.45, 2.75) is 0 Å². The van der Waals surface area contributed by atoms with Crippen molar-refractivity contribution in [3.63, 3.8) is 0 Å². The van der Waals surface area contributed by atoms with Crippen LogP contribution in [-0.4, -0.2) is 18.9 Å². The van der Waals surface area contributed by atoms with Crippen molar-refractivity contribution in [1.82, 2.24) is 4.40 Å². The molecule has 0 N–H and O–H groups in total. The van der Waals surface area contributed by atoms with Crippen molar-refractivity contribution < 1.29 is 0 Å². The molecule has 0 atom stereocenters.